The van der Waals surface area contributed by atoms with Crippen LogP contribution >= 0.6 is 0 Å². The number of rotatable bonds is 2. The molecule has 13 heavy (non-hydrogen) atoms. The highest BCUT2D eigenvalue weighted by atomic mass is 32.2. The van der Waals surface area contributed by atoms with Crippen molar-refractivity contribution in [3.8, 4) is 0 Å². The molecule has 1 heterocycles. The van der Waals surface area contributed by atoms with Crippen molar-refractivity contribution in [2.75, 3.05) is 25.2 Å². The molecule has 1 amide bonds. The van der Waals surface area contributed by atoms with Gasteiger partial charge >= 0.3 is 0 Å². The van der Waals surface area contributed by atoms with Gasteiger partial charge in [-0.25, -0.2) is 8.42 Å². The molecule has 1 rings (SSSR count). The lowest BCUT2D eigenvalue weighted by molar-refractivity contribution is -0.134. The minimum atomic E-state index is -2.96. The highest BCUT2D eigenvalue weighted by Gasteiger charge is 2.32. The van der Waals surface area contributed by atoms with Crippen LogP contribution in [0.15, 0.2) is 0 Å². The summed E-state index contributed by atoms with van der Waals surface area (Å²) in [5.74, 6) is -0.266. The van der Waals surface area contributed by atoms with E-state index in [0.29, 0.717) is 6.42 Å². The first kappa shape index (κ1) is 10.5. The standard InChI is InChI=1S/C7H13NO4S/c1-8(7(10)4-9)6-2-3-13(11,12)5-6/h6,9H,2-5H2,1H3. The summed E-state index contributed by atoms with van der Waals surface area (Å²) in [6, 6.07) is -0.260. The Morgan fingerprint density at radius 1 is 1.62 bits per heavy atom. The van der Waals surface area contributed by atoms with Crippen LogP contribution in [0.5, 0.6) is 0 Å². The molecule has 1 aliphatic heterocycles. The predicted octanol–water partition coefficient (Wildman–Crippen LogP) is -1.38. The lowest BCUT2D eigenvalue weighted by Crippen LogP contribution is -2.39. The van der Waals surface area contributed by atoms with Gasteiger partial charge in [-0.15, -0.1) is 0 Å². The molecule has 1 unspecified atom stereocenters. The average molecular weight is 207 g/mol. The fourth-order valence-electron chi connectivity index (χ4n) is 1.40. The maximum atomic E-state index is 11.1. The van der Waals surface area contributed by atoms with E-state index in [1.807, 2.05) is 0 Å². The Morgan fingerprint density at radius 2 is 2.23 bits per heavy atom. The topological polar surface area (TPSA) is 74.7 Å². The fourth-order valence-corrected chi connectivity index (χ4v) is 3.17. The Labute approximate surface area is 77.3 Å². The molecule has 1 aliphatic rings. The number of likely N-dealkylation sites (N-methyl/N-ethyl adjacent to an activating group) is 1. The SMILES string of the molecule is CN(C(=O)CO)C1CCS(=O)(=O)C1. The molecule has 1 fully saturated rings. The summed E-state index contributed by atoms with van der Waals surface area (Å²) in [6.45, 7) is -0.562. The maximum Gasteiger partial charge on any atom is 0.248 e. The molecular weight excluding hydrogens is 194 g/mol. The Hall–Kier alpha value is -0.620. The normalized spacial score (nSPS) is 25.8. The lowest BCUT2D eigenvalue weighted by atomic mass is 10.2. The Balaban J connectivity index is 2.61. The molecule has 6 heteroatoms. The first-order chi connectivity index (χ1) is 5.96. The van der Waals surface area contributed by atoms with Crippen LogP contribution in [0, 0.1) is 0 Å². The third-order valence-electron chi connectivity index (χ3n) is 2.28. The second-order valence-corrected chi connectivity index (χ2v) is 5.45. The smallest absolute Gasteiger partial charge is 0.248 e. The van der Waals surface area contributed by atoms with Crippen molar-refractivity contribution < 1.29 is 18.3 Å². The van der Waals surface area contributed by atoms with Crippen LogP contribution in [-0.2, 0) is 14.6 Å². The summed E-state index contributed by atoms with van der Waals surface area (Å²) in [5, 5.41) is 8.55. The van der Waals surface area contributed by atoms with Gasteiger partial charge in [0.2, 0.25) is 5.91 Å². The van der Waals surface area contributed by atoms with Crippen LogP contribution < -0.4 is 0 Å². The van der Waals surface area contributed by atoms with E-state index < -0.39 is 22.4 Å². The molecule has 1 atom stereocenters. The molecule has 0 radical (unpaired) electrons. The van der Waals surface area contributed by atoms with E-state index in [1.54, 1.807) is 0 Å². The third kappa shape index (κ3) is 2.41. The molecule has 76 valence electrons. The zero-order chi connectivity index (χ0) is 10.1. The molecule has 0 aromatic heterocycles. The number of aliphatic hydroxyl groups excluding tert-OH is 1. The zero-order valence-corrected chi connectivity index (χ0v) is 8.25. The Morgan fingerprint density at radius 3 is 2.62 bits per heavy atom. The van der Waals surface area contributed by atoms with E-state index in [1.165, 1.54) is 11.9 Å². The second kappa shape index (κ2) is 3.63. The number of sulfone groups is 1. The van der Waals surface area contributed by atoms with Gasteiger partial charge in [-0.3, -0.25) is 4.79 Å². The van der Waals surface area contributed by atoms with Crippen LogP contribution in [0.3, 0.4) is 0 Å². The van der Waals surface area contributed by atoms with Gasteiger partial charge in [0.1, 0.15) is 6.61 Å². The summed E-state index contributed by atoms with van der Waals surface area (Å²) in [5.41, 5.74) is 0. The van der Waals surface area contributed by atoms with Gasteiger partial charge in [-0.05, 0) is 6.42 Å². The van der Waals surface area contributed by atoms with Crippen molar-refractivity contribution in [2.45, 2.75) is 12.5 Å². The van der Waals surface area contributed by atoms with Gasteiger partial charge < -0.3 is 10.0 Å². The van der Waals surface area contributed by atoms with Crippen molar-refractivity contribution in [3.63, 3.8) is 0 Å². The highest BCUT2D eigenvalue weighted by Crippen LogP contribution is 2.16. The number of hydrogen-bond acceptors (Lipinski definition) is 4. The van der Waals surface area contributed by atoms with E-state index >= 15 is 0 Å². The first-order valence-electron chi connectivity index (χ1n) is 4.03. The minimum Gasteiger partial charge on any atom is -0.387 e. The van der Waals surface area contributed by atoms with Crippen LogP contribution in [0.1, 0.15) is 6.42 Å². The summed E-state index contributed by atoms with van der Waals surface area (Å²) in [6.07, 6.45) is 0.477. The van der Waals surface area contributed by atoms with Crippen LogP contribution in [0.25, 0.3) is 0 Å². The van der Waals surface area contributed by atoms with Crippen molar-refractivity contribution in [1.29, 1.82) is 0 Å². The van der Waals surface area contributed by atoms with Crippen molar-refractivity contribution in [3.05, 3.63) is 0 Å². The molecule has 0 spiro atoms. The molecule has 0 aliphatic carbocycles. The fraction of sp³-hybridized carbons (Fsp3) is 0.857. The van der Waals surface area contributed by atoms with Crippen molar-refractivity contribution >= 4 is 15.7 Å². The summed E-state index contributed by atoms with van der Waals surface area (Å²) in [4.78, 5) is 12.3. The van der Waals surface area contributed by atoms with Crippen molar-refractivity contribution in [1.82, 2.24) is 4.90 Å². The molecule has 0 saturated carbocycles. The van der Waals surface area contributed by atoms with Gasteiger partial charge in [0, 0.05) is 13.1 Å². The number of aliphatic hydroxyl groups is 1. The van der Waals surface area contributed by atoms with E-state index in [-0.39, 0.29) is 17.5 Å². The lowest BCUT2D eigenvalue weighted by Gasteiger charge is -2.22. The maximum absolute atomic E-state index is 11.1. The van der Waals surface area contributed by atoms with E-state index in [4.69, 9.17) is 5.11 Å². The number of nitrogens with zero attached hydrogens (tertiary/aromatic N) is 1. The van der Waals surface area contributed by atoms with Gasteiger partial charge in [0.05, 0.1) is 11.5 Å². The first-order valence-corrected chi connectivity index (χ1v) is 5.85. The van der Waals surface area contributed by atoms with Gasteiger partial charge in [0.15, 0.2) is 9.84 Å². The van der Waals surface area contributed by atoms with E-state index in [0.717, 1.165) is 0 Å². The Kier molecular flexibility index (Phi) is 2.92. The van der Waals surface area contributed by atoms with Gasteiger partial charge in [0.25, 0.3) is 0 Å². The van der Waals surface area contributed by atoms with Gasteiger partial charge in [-0.2, -0.15) is 0 Å². The molecule has 0 aromatic carbocycles. The monoisotopic (exact) mass is 207 g/mol. The number of hydrogen-bond donors (Lipinski definition) is 1. The third-order valence-corrected chi connectivity index (χ3v) is 4.04. The molecular formula is C7H13NO4S. The number of amides is 1. The van der Waals surface area contributed by atoms with Crippen LogP contribution in [-0.4, -0.2) is 55.5 Å². The average Bonchev–Trinajstić information content (AvgIpc) is 2.43. The quantitative estimate of drug-likeness (QED) is 0.606. The highest BCUT2D eigenvalue weighted by molar-refractivity contribution is 7.91. The Bertz CT molecular complexity index is 298. The zero-order valence-electron chi connectivity index (χ0n) is 7.43. The molecule has 0 bridgehead atoms. The van der Waals surface area contributed by atoms with Crippen LogP contribution in [0.4, 0.5) is 0 Å². The van der Waals surface area contributed by atoms with Crippen LogP contribution in [0.2, 0.25) is 0 Å². The summed E-state index contributed by atoms with van der Waals surface area (Å²) < 4.78 is 22.1. The largest absolute Gasteiger partial charge is 0.387 e. The van der Waals surface area contributed by atoms with E-state index in [2.05, 4.69) is 0 Å². The number of carbonyl (C=O) groups is 1. The molecule has 5 nitrogen and oxygen atoms in total. The number of carbonyl (C=O) groups excluding carboxylic acids is 1. The predicted molar refractivity (Wildman–Crippen MR) is 46.9 cm³/mol. The van der Waals surface area contributed by atoms with E-state index in [9.17, 15) is 13.2 Å². The summed E-state index contributed by atoms with van der Waals surface area (Å²) >= 11 is 0. The summed E-state index contributed by atoms with van der Waals surface area (Å²) in [7, 11) is -1.44. The second-order valence-electron chi connectivity index (χ2n) is 3.22. The molecule has 1 saturated heterocycles. The minimum absolute atomic E-state index is 0.0231. The van der Waals surface area contributed by atoms with Crippen molar-refractivity contribution in [2.24, 2.45) is 0 Å². The molecule has 1 N–H and O–H groups in total. The van der Waals surface area contributed by atoms with Gasteiger partial charge in [-0.1, -0.05) is 0 Å². The molecule has 0 aromatic rings.